The predicted molar refractivity (Wildman–Crippen MR) is 90.3 cm³/mol. The normalized spacial score (nSPS) is 11.4. The van der Waals surface area contributed by atoms with Crippen LogP contribution in [0, 0.1) is 6.92 Å². The van der Waals surface area contributed by atoms with Crippen molar-refractivity contribution in [3.63, 3.8) is 0 Å². The molecule has 0 spiro atoms. The number of fused-ring (bicyclic) bond motifs is 1. The molecule has 0 unspecified atom stereocenters. The van der Waals surface area contributed by atoms with Crippen molar-refractivity contribution in [1.82, 2.24) is 4.72 Å². The molecule has 1 aromatic rings. The van der Waals surface area contributed by atoms with Gasteiger partial charge in [-0.2, -0.15) is 0 Å². The molecule has 0 saturated heterocycles. The van der Waals surface area contributed by atoms with E-state index in [1.165, 1.54) is 34.2 Å². The maximum atomic E-state index is 11.7. The molecule has 0 aromatic heterocycles. The Labute approximate surface area is 126 Å². The highest BCUT2D eigenvalue weighted by molar-refractivity contribution is 7.97. The zero-order valence-corrected chi connectivity index (χ0v) is 13.8. The molecule has 2 rings (SSSR count). The Hall–Kier alpha value is -1.42. The quantitative estimate of drug-likeness (QED) is 0.802. The van der Waals surface area contributed by atoms with Gasteiger partial charge in [0.15, 0.2) is 0 Å². The Kier molecular flexibility index (Phi) is 6.65. The first kappa shape index (κ1) is 16.6. The van der Waals surface area contributed by atoms with E-state index in [4.69, 9.17) is 0 Å². The van der Waals surface area contributed by atoms with E-state index in [9.17, 15) is 4.79 Å². The summed E-state index contributed by atoms with van der Waals surface area (Å²) in [6.07, 6.45) is 7.93. The first-order chi connectivity index (χ1) is 9.67. The predicted octanol–water partition coefficient (Wildman–Crippen LogP) is 4.55. The average molecular weight is 292 g/mol. The Morgan fingerprint density at radius 3 is 2.70 bits per heavy atom. The van der Waals surface area contributed by atoms with Crippen LogP contribution in [-0.2, 0) is 12.8 Å². The number of urea groups is 1. The number of nitrogens with one attached hydrogen (secondary N) is 2. The third-order valence-electron chi connectivity index (χ3n) is 3.21. The molecule has 0 saturated carbocycles. The fraction of sp³-hybridized carbons (Fsp3) is 0.438. The zero-order chi connectivity index (χ0) is 15.1. The van der Waals surface area contributed by atoms with Crippen molar-refractivity contribution < 1.29 is 4.79 Å². The molecule has 0 heterocycles. The topological polar surface area (TPSA) is 41.1 Å². The van der Waals surface area contributed by atoms with Gasteiger partial charge < -0.3 is 5.32 Å². The summed E-state index contributed by atoms with van der Waals surface area (Å²) in [7, 11) is 0. The van der Waals surface area contributed by atoms with Crippen LogP contribution in [0.2, 0.25) is 0 Å². The van der Waals surface area contributed by atoms with Gasteiger partial charge in [-0.3, -0.25) is 4.72 Å². The molecule has 0 atom stereocenters. The minimum Gasteiger partial charge on any atom is -0.307 e. The Balaban J connectivity index is 0.000000956. The number of hydrogen-bond donors (Lipinski definition) is 2. The summed E-state index contributed by atoms with van der Waals surface area (Å²) in [6.45, 7) is 8.22. The number of allylic oxidation sites excluding steroid dienone is 1. The Morgan fingerprint density at radius 2 is 2.10 bits per heavy atom. The molecular formula is C16H24N2OS. The van der Waals surface area contributed by atoms with Gasteiger partial charge in [0.05, 0.1) is 0 Å². The van der Waals surface area contributed by atoms with Crippen LogP contribution in [0.1, 0.15) is 43.0 Å². The standard InChI is InChI=1S/C14H18N2OS.C2H6/c1-4-11-9(2)8-10-6-5-7-12(10)13(11)15-14(17)16-18-3;1-2/h5-6,8H,4,7H2,1-3H3,(H2,15,16,17);1-2H3. The van der Waals surface area contributed by atoms with E-state index < -0.39 is 0 Å². The molecule has 0 aliphatic heterocycles. The lowest BCUT2D eigenvalue weighted by Gasteiger charge is -2.17. The Bertz CT molecular complexity index is 506. The van der Waals surface area contributed by atoms with E-state index in [0.717, 1.165) is 18.5 Å². The van der Waals surface area contributed by atoms with Crippen LogP contribution in [0.4, 0.5) is 10.5 Å². The molecular weight excluding hydrogens is 268 g/mol. The minimum atomic E-state index is -0.156. The lowest BCUT2D eigenvalue weighted by atomic mass is 9.96. The second kappa shape index (κ2) is 8.00. The number of amides is 2. The summed E-state index contributed by atoms with van der Waals surface area (Å²) in [4.78, 5) is 11.7. The van der Waals surface area contributed by atoms with Crippen molar-refractivity contribution in [1.29, 1.82) is 0 Å². The van der Waals surface area contributed by atoms with Crippen LogP contribution in [0.25, 0.3) is 6.08 Å². The first-order valence-electron chi connectivity index (χ1n) is 7.09. The van der Waals surface area contributed by atoms with Crippen molar-refractivity contribution in [2.24, 2.45) is 0 Å². The number of benzene rings is 1. The summed E-state index contributed by atoms with van der Waals surface area (Å²) >= 11 is 1.30. The molecule has 0 radical (unpaired) electrons. The summed E-state index contributed by atoms with van der Waals surface area (Å²) in [5.74, 6) is 0. The average Bonchev–Trinajstić information content (AvgIpc) is 2.89. The van der Waals surface area contributed by atoms with Gasteiger partial charge in [0, 0.05) is 11.9 Å². The molecule has 1 aliphatic rings. The van der Waals surface area contributed by atoms with Crippen LogP contribution >= 0.6 is 11.9 Å². The number of hydrogen-bond acceptors (Lipinski definition) is 2. The summed E-state index contributed by atoms with van der Waals surface area (Å²) in [6, 6.07) is 2.05. The van der Waals surface area contributed by atoms with E-state index in [2.05, 4.69) is 42.1 Å². The number of carbonyl (C=O) groups excluding carboxylic acids is 1. The molecule has 2 N–H and O–H groups in total. The molecule has 0 bridgehead atoms. The second-order valence-electron chi connectivity index (χ2n) is 4.34. The molecule has 1 aromatic carbocycles. The number of anilines is 1. The summed E-state index contributed by atoms with van der Waals surface area (Å²) < 4.78 is 2.70. The van der Waals surface area contributed by atoms with Crippen molar-refractivity contribution >= 4 is 29.7 Å². The molecule has 20 heavy (non-hydrogen) atoms. The zero-order valence-electron chi connectivity index (χ0n) is 13.0. The van der Waals surface area contributed by atoms with E-state index in [1.54, 1.807) is 0 Å². The van der Waals surface area contributed by atoms with Gasteiger partial charge in [-0.25, -0.2) is 4.79 Å². The van der Waals surface area contributed by atoms with Crippen molar-refractivity contribution in [3.05, 3.63) is 34.4 Å². The highest BCUT2D eigenvalue weighted by Crippen LogP contribution is 2.33. The Morgan fingerprint density at radius 1 is 1.40 bits per heavy atom. The third-order valence-corrected chi connectivity index (χ3v) is 3.60. The van der Waals surface area contributed by atoms with E-state index in [1.807, 2.05) is 20.1 Å². The number of rotatable bonds is 3. The highest BCUT2D eigenvalue weighted by atomic mass is 32.2. The molecule has 3 nitrogen and oxygen atoms in total. The highest BCUT2D eigenvalue weighted by Gasteiger charge is 2.17. The van der Waals surface area contributed by atoms with Crippen molar-refractivity contribution in [2.75, 3.05) is 11.6 Å². The van der Waals surface area contributed by atoms with Crippen LogP contribution < -0.4 is 10.0 Å². The fourth-order valence-electron chi connectivity index (χ4n) is 2.44. The second-order valence-corrected chi connectivity index (χ2v) is 4.95. The van der Waals surface area contributed by atoms with E-state index in [0.29, 0.717) is 0 Å². The fourth-order valence-corrected chi connectivity index (χ4v) is 2.68. The van der Waals surface area contributed by atoms with E-state index >= 15 is 0 Å². The largest absolute Gasteiger partial charge is 0.329 e. The monoisotopic (exact) mass is 292 g/mol. The maximum absolute atomic E-state index is 11.7. The summed E-state index contributed by atoms with van der Waals surface area (Å²) in [5.41, 5.74) is 5.91. The molecule has 0 fully saturated rings. The van der Waals surface area contributed by atoms with Gasteiger partial charge in [0.1, 0.15) is 0 Å². The first-order valence-corrected chi connectivity index (χ1v) is 8.31. The molecule has 2 amide bonds. The lowest BCUT2D eigenvalue weighted by molar-refractivity contribution is 0.257. The molecule has 4 heteroatoms. The van der Waals surface area contributed by atoms with Gasteiger partial charge in [0.25, 0.3) is 0 Å². The van der Waals surface area contributed by atoms with Gasteiger partial charge >= 0.3 is 6.03 Å². The van der Waals surface area contributed by atoms with Crippen LogP contribution in [0.3, 0.4) is 0 Å². The van der Waals surface area contributed by atoms with Crippen molar-refractivity contribution in [3.8, 4) is 0 Å². The lowest BCUT2D eigenvalue weighted by Crippen LogP contribution is -2.24. The number of carbonyl (C=O) groups is 1. The smallest absolute Gasteiger partial charge is 0.307 e. The molecule has 110 valence electrons. The van der Waals surface area contributed by atoms with E-state index in [-0.39, 0.29) is 6.03 Å². The SMILES string of the molecule is CC.CCc1c(C)cc2c(c1NC(=O)NSC)CC=C2. The minimum absolute atomic E-state index is 0.156. The molecule has 1 aliphatic carbocycles. The van der Waals surface area contributed by atoms with Gasteiger partial charge in [-0.15, -0.1) is 0 Å². The van der Waals surface area contributed by atoms with Crippen LogP contribution in [-0.4, -0.2) is 12.3 Å². The maximum Gasteiger partial charge on any atom is 0.329 e. The number of aryl methyl sites for hydroxylation is 1. The summed E-state index contributed by atoms with van der Waals surface area (Å²) in [5, 5.41) is 2.99. The van der Waals surface area contributed by atoms with Gasteiger partial charge in [0.2, 0.25) is 0 Å². The van der Waals surface area contributed by atoms with Crippen LogP contribution in [0.5, 0.6) is 0 Å². The van der Waals surface area contributed by atoms with Crippen molar-refractivity contribution in [2.45, 2.75) is 40.5 Å². The van der Waals surface area contributed by atoms with Gasteiger partial charge in [-0.1, -0.05) is 50.9 Å². The van der Waals surface area contributed by atoms with Crippen LogP contribution in [0.15, 0.2) is 12.1 Å². The van der Waals surface area contributed by atoms with Gasteiger partial charge in [-0.05, 0) is 42.0 Å². The third kappa shape index (κ3) is 3.57.